The Morgan fingerprint density at radius 3 is 2.38 bits per heavy atom. The minimum atomic E-state index is -1.34. The molecular weight excluding hydrogens is 703 g/mol. The van der Waals surface area contributed by atoms with Crippen molar-refractivity contribution in [3.8, 4) is 6.07 Å². The van der Waals surface area contributed by atoms with Gasteiger partial charge in [0.2, 0.25) is 0 Å². The first-order valence-corrected chi connectivity index (χ1v) is 20.8. The van der Waals surface area contributed by atoms with Crippen LogP contribution in [0.15, 0.2) is 36.7 Å². The Morgan fingerprint density at radius 1 is 1.08 bits per heavy atom. The van der Waals surface area contributed by atoms with Crippen LogP contribution in [0.2, 0.25) is 35.7 Å². The molecule has 1 aliphatic heterocycles. The molecule has 1 N–H and O–H groups in total. The average Bonchev–Trinajstić information content (AvgIpc) is 3.45. The van der Waals surface area contributed by atoms with E-state index in [1.54, 1.807) is 59.7 Å². The van der Waals surface area contributed by atoms with Crippen molar-refractivity contribution in [2.45, 2.75) is 65.2 Å². The number of fused-ring (bicyclic) bond motifs is 1. The minimum Gasteiger partial charge on any atom is -0.444 e. The molecule has 2 aromatic carbocycles. The average molecular weight is 745 g/mol. The molecule has 2 aromatic heterocycles. The van der Waals surface area contributed by atoms with E-state index in [4.69, 9.17) is 37.7 Å². The lowest BCUT2D eigenvalue weighted by atomic mass is 10.1. The van der Waals surface area contributed by atoms with Crippen LogP contribution in [0.3, 0.4) is 0 Å². The van der Waals surface area contributed by atoms with Crippen molar-refractivity contribution in [3.63, 3.8) is 0 Å². The normalized spacial score (nSPS) is 13.9. The molecule has 10 nitrogen and oxygen atoms in total. The first-order valence-electron chi connectivity index (χ1n) is 16.3. The summed E-state index contributed by atoms with van der Waals surface area (Å²) in [5.41, 5.74) is 1.19. The molecule has 1 aliphatic rings. The molecule has 1 saturated heterocycles. The van der Waals surface area contributed by atoms with Crippen LogP contribution in [0.1, 0.15) is 37.6 Å². The number of aromatic nitrogens is 3. The van der Waals surface area contributed by atoms with Crippen LogP contribution in [-0.2, 0) is 22.6 Å². The van der Waals surface area contributed by atoms with E-state index in [9.17, 15) is 10.1 Å². The predicted molar refractivity (Wildman–Crippen MR) is 195 cm³/mol. The van der Waals surface area contributed by atoms with E-state index in [1.807, 2.05) is 0 Å². The van der Waals surface area contributed by atoms with E-state index in [2.05, 4.69) is 36.0 Å². The molecule has 0 radical (unpaired) electrons. The van der Waals surface area contributed by atoms with E-state index < -0.39 is 31.4 Å². The second-order valence-corrected chi connectivity index (χ2v) is 20.8. The van der Waals surface area contributed by atoms with Gasteiger partial charge in [-0.05, 0) is 44.5 Å². The summed E-state index contributed by atoms with van der Waals surface area (Å²) in [7, 11) is -1.34. The Hall–Kier alpha value is -3.96. The number of nitriles is 1. The number of benzene rings is 2. The number of imidazole rings is 1. The van der Waals surface area contributed by atoms with Gasteiger partial charge >= 0.3 is 6.09 Å². The maximum atomic E-state index is 15.8. The Bertz CT molecular complexity index is 1910. The van der Waals surface area contributed by atoms with E-state index in [-0.39, 0.29) is 49.0 Å². The highest BCUT2D eigenvalue weighted by atomic mass is 35.5. The molecule has 15 heteroatoms. The molecule has 0 aliphatic carbocycles. The highest BCUT2D eigenvalue weighted by Crippen LogP contribution is 2.35. The zero-order valence-electron chi connectivity index (χ0n) is 29.0. The van der Waals surface area contributed by atoms with Crippen molar-refractivity contribution in [3.05, 3.63) is 75.2 Å². The van der Waals surface area contributed by atoms with E-state index in [0.717, 1.165) is 18.2 Å². The standard InChI is InChI=1S/C35H41Cl2F2N7O3Si/c1-35(2,3)49-34(47)45-12-10-44(11-13-45)30-18-26(38)28(17-27(30)39)42-33-23(19-40)32-31(41-20-46(32)21-48-14-15-50(4,5)6)29(43-33)16-22-24(36)8-7-9-25(22)37/h7-9,17-18,20H,10-16,21H2,1-6H3,(H,42,43). The smallest absolute Gasteiger partial charge is 0.410 e. The van der Waals surface area contributed by atoms with Crippen LogP contribution in [0.4, 0.5) is 30.8 Å². The zero-order valence-corrected chi connectivity index (χ0v) is 31.6. The van der Waals surface area contributed by atoms with Crippen molar-refractivity contribution in [1.29, 1.82) is 5.26 Å². The van der Waals surface area contributed by atoms with E-state index in [1.165, 1.54) is 0 Å². The summed E-state index contributed by atoms with van der Waals surface area (Å²) in [6, 6.07) is 10.4. The Morgan fingerprint density at radius 2 is 1.76 bits per heavy atom. The number of anilines is 3. The predicted octanol–water partition coefficient (Wildman–Crippen LogP) is 8.59. The Balaban J connectivity index is 1.46. The summed E-state index contributed by atoms with van der Waals surface area (Å²) in [4.78, 5) is 25.0. The number of carbonyl (C=O) groups is 1. The van der Waals surface area contributed by atoms with Crippen LogP contribution in [-0.4, -0.2) is 72.0 Å². The molecule has 0 bridgehead atoms. The third kappa shape index (κ3) is 8.84. The van der Waals surface area contributed by atoms with Crippen LogP contribution in [0, 0.1) is 23.0 Å². The third-order valence-corrected chi connectivity index (χ3v) is 10.5. The first-order chi connectivity index (χ1) is 23.5. The molecule has 50 heavy (non-hydrogen) atoms. The van der Waals surface area contributed by atoms with Crippen LogP contribution < -0.4 is 10.2 Å². The van der Waals surface area contributed by atoms with E-state index in [0.29, 0.717) is 52.0 Å². The van der Waals surface area contributed by atoms with Gasteiger partial charge in [-0.2, -0.15) is 5.26 Å². The van der Waals surface area contributed by atoms with Crippen molar-refractivity contribution < 1.29 is 23.0 Å². The molecule has 266 valence electrons. The SMILES string of the molecule is CC(C)(C)OC(=O)N1CCN(c2cc(F)c(Nc3nc(Cc4c(Cl)cccc4Cl)c4ncn(COCC[Si](C)(C)C)c4c3C#N)cc2F)CC1. The molecule has 0 unspecified atom stereocenters. The third-order valence-electron chi connectivity index (χ3n) is 8.14. The van der Waals surface area contributed by atoms with Gasteiger partial charge in [-0.15, -0.1) is 0 Å². The fourth-order valence-electron chi connectivity index (χ4n) is 5.50. The molecular formula is C35H41Cl2F2N7O3Si. The summed E-state index contributed by atoms with van der Waals surface area (Å²) >= 11 is 13.0. The number of carbonyl (C=O) groups excluding carboxylic acids is 1. The number of rotatable bonds is 10. The van der Waals surface area contributed by atoms with Gasteiger partial charge in [0.25, 0.3) is 0 Å². The van der Waals surface area contributed by atoms with Gasteiger partial charge in [0.05, 0.1) is 28.9 Å². The largest absolute Gasteiger partial charge is 0.444 e. The van der Waals surface area contributed by atoms with Crippen LogP contribution >= 0.6 is 23.2 Å². The number of ether oxygens (including phenoxy) is 2. The molecule has 1 fully saturated rings. The van der Waals surface area contributed by atoms with Gasteiger partial charge in [0, 0.05) is 69.5 Å². The summed E-state index contributed by atoms with van der Waals surface area (Å²) in [6.07, 6.45) is 1.28. The lowest BCUT2D eigenvalue weighted by Gasteiger charge is -2.36. The van der Waals surface area contributed by atoms with Crippen LogP contribution in [0.5, 0.6) is 0 Å². The number of piperazine rings is 1. The van der Waals surface area contributed by atoms with E-state index >= 15 is 8.78 Å². The minimum absolute atomic E-state index is 0.0130. The lowest BCUT2D eigenvalue weighted by molar-refractivity contribution is 0.0240. The second kappa shape index (κ2) is 15.1. The molecule has 0 spiro atoms. The van der Waals surface area contributed by atoms with Crippen molar-refractivity contribution in [1.82, 2.24) is 19.4 Å². The molecule has 3 heterocycles. The number of hydrogen-bond acceptors (Lipinski definition) is 8. The number of nitrogens with zero attached hydrogens (tertiary/aromatic N) is 6. The summed E-state index contributed by atoms with van der Waals surface area (Å²) < 4.78 is 44.6. The van der Waals surface area contributed by atoms with Gasteiger partial charge in [0.15, 0.2) is 5.82 Å². The molecule has 0 saturated carbocycles. The van der Waals surface area contributed by atoms with Gasteiger partial charge in [0.1, 0.15) is 41.1 Å². The van der Waals surface area contributed by atoms with Gasteiger partial charge in [-0.3, -0.25) is 0 Å². The summed E-state index contributed by atoms with van der Waals surface area (Å²) in [5, 5.41) is 14.1. The number of pyridine rings is 1. The van der Waals surface area contributed by atoms with Crippen molar-refractivity contribution >= 4 is 65.6 Å². The summed E-state index contributed by atoms with van der Waals surface area (Å²) in [6.45, 7) is 14.0. The van der Waals surface area contributed by atoms with Crippen LogP contribution in [0.25, 0.3) is 11.0 Å². The fraction of sp³-hybridized carbons (Fsp3) is 0.429. The number of halogens is 4. The number of nitrogens with one attached hydrogen (secondary N) is 1. The Labute approximate surface area is 301 Å². The number of hydrogen-bond donors (Lipinski definition) is 1. The topological polar surface area (TPSA) is 109 Å². The van der Waals surface area contributed by atoms with Crippen molar-refractivity contribution in [2.75, 3.05) is 43.0 Å². The molecule has 5 rings (SSSR count). The second-order valence-electron chi connectivity index (χ2n) is 14.4. The summed E-state index contributed by atoms with van der Waals surface area (Å²) in [5.74, 6) is -1.41. The fourth-order valence-corrected chi connectivity index (χ4v) is 6.79. The quantitative estimate of drug-likeness (QED) is 0.127. The maximum absolute atomic E-state index is 15.8. The molecule has 4 aromatic rings. The lowest BCUT2D eigenvalue weighted by Crippen LogP contribution is -2.50. The Kier molecular flexibility index (Phi) is 11.3. The first kappa shape index (κ1) is 37.3. The van der Waals surface area contributed by atoms with Gasteiger partial charge in [-0.1, -0.05) is 48.9 Å². The highest BCUT2D eigenvalue weighted by molar-refractivity contribution is 6.76. The number of amides is 1. The maximum Gasteiger partial charge on any atom is 0.410 e. The van der Waals surface area contributed by atoms with Crippen molar-refractivity contribution in [2.24, 2.45) is 0 Å². The molecule has 0 atom stereocenters. The van der Waals surface area contributed by atoms with Gasteiger partial charge < -0.3 is 29.2 Å². The zero-order chi connectivity index (χ0) is 36.4. The molecule has 1 amide bonds. The monoisotopic (exact) mass is 743 g/mol. The highest BCUT2D eigenvalue weighted by Gasteiger charge is 2.28. The van der Waals surface area contributed by atoms with Gasteiger partial charge in [-0.25, -0.2) is 23.5 Å².